The lowest BCUT2D eigenvalue weighted by atomic mass is 10.2. The number of hydrogen-bond donors (Lipinski definition) is 2. The van der Waals surface area contributed by atoms with Gasteiger partial charge in [-0.25, -0.2) is 4.79 Å². The molecule has 1 aromatic rings. The van der Waals surface area contributed by atoms with Gasteiger partial charge in [-0.15, -0.1) is 0 Å². The number of ether oxygens (including phenoxy) is 1. The first-order valence-electron chi connectivity index (χ1n) is 6.94. The molecule has 1 unspecified atom stereocenters. The third-order valence-electron chi connectivity index (χ3n) is 2.68. The number of hydrogen-bond acceptors (Lipinski definition) is 4. The highest BCUT2D eigenvalue weighted by molar-refractivity contribution is 5.91. The fourth-order valence-corrected chi connectivity index (χ4v) is 1.60. The molecule has 21 heavy (non-hydrogen) atoms. The minimum absolute atomic E-state index is 0.134. The first kappa shape index (κ1) is 16.9. The number of esters is 1. The molecule has 0 heterocycles. The molecule has 5 heteroatoms. The van der Waals surface area contributed by atoms with Crippen molar-refractivity contribution in [1.82, 2.24) is 0 Å². The van der Waals surface area contributed by atoms with E-state index in [4.69, 9.17) is 9.84 Å². The normalized spacial score (nSPS) is 12.1. The molecule has 0 aromatic heterocycles. The Balaban J connectivity index is 2.50. The molecule has 0 saturated carbocycles. The minimum atomic E-state index is -0.480. The summed E-state index contributed by atoms with van der Waals surface area (Å²) in [6, 6.07) is 7.09. The lowest BCUT2D eigenvalue weighted by molar-refractivity contribution is -0.137. The van der Waals surface area contributed by atoms with Crippen molar-refractivity contribution in [3.05, 3.63) is 35.9 Å². The van der Waals surface area contributed by atoms with Crippen LogP contribution >= 0.6 is 0 Å². The SMILES string of the molecule is CCOC(=O)C=Cc1ccc(NC(=O)CCC(C)O)cc1. The molecule has 1 aromatic carbocycles. The van der Waals surface area contributed by atoms with E-state index >= 15 is 0 Å². The Morgan fingerprint density at radius 1 is 1.33 bits per heavy atom. The van der Waals surface area contributed by atoms with Crippen LogP contribution in [0.2, 0.25) is 0 Å². The summed E-state index contributed by atoms with van der Waals surface area (Å²) in [6.07, 6.45) is 3.25. The molecular weight excluding hydrogens is 270 g/mol. The highest BCUT2D eigenvalue weighted by Crippen LogP contribution is 2.11. The van der Waals surface area contributed by atoms with Gasteiger partial charge >= 0.3 is 5.97 Å². The van der Waals surface area contributed by atoms with Crippen molar-refractivity contribution in [2.75, 3.05) is 11.9 Å². The van der Waals surface area contributed by atoms with Crippen LogP contribution in [0.25, 0.3) is 6.08 Å². The number of amides is 1. The maximum Gasteiger partial charge on any atom is 0.330 e. The van der Waals surface area contributed by atoms with Crippen molar-refractivity contribution in [2.24, 2.45) is 0 Å². The second kappa shape index (κ2) is 8.92. The summed E-state index contributed by atoms with van der Waals surface area (Å²) in [5.41, 5.74) is 1.52. The zero-order valence-corrected chi connectivity index (χ0v) is 12.3. The predicted octanol–water partition coefficient (Wildman–Crippen LogP) is 2.36. The van der Waals surface area contributed by atoms with E-state index in [2.05, 4.69) is 5.32 Å². The number of aliphatic hydroxyl groups excluding tert-OH is 1. The number of carbonyl (C=O) groups excluding carboxylic acids is 2. The third kappa shape index (κ3) is 7.27. The molecule has 0 radical (unpaired) electrons. The van der Waals surface area contributed by atoms with Crippen molar-refractivity contribution >= 4 is 23.6 Å². The van der Waals surface area contributed by atoms with E-state index in [1.54, 1.807) is 44.2 Å². The largest absolute Gasteiger partial charge is 0.463 e. The average molecular weight is 291 g/mol. The Morgan fingerprint density at radius 2 is 2.00 bits per heavy atom. The van der Waals surface area contributed by atoms with Gasteiger partial charge in [-0.2, -0.15) is 0 Å². The Bertz CT molecular complexity index is 492. The smallest absolute Gasteiger partial charge is 0.330 e. The number of nitrogens with one attached hydrogen (secondary N) is 1. The van der Waals surface area contributed by atoms with E-state index in [0.717, 1.165) is 5.56 Å². The van der Waals surface area contributed by atoms with Crippen molar-refractivity contribution in [2.45, 2.75) is 32.8 Å². The van der Waals surface area contributed by atoms with E-state index in [1.807, 2.05) is 0 Å². The fraction of sp³-hybridized carbons (Fsp3) is 0.375. The second-order valence-corrected chi connectivity index (χ2v) is 4.64. The Hall–Kier alpha value is -2.14. The molecule has 0 saturated heterocycles. The van der Waals surface area contributed by atoms with Crippen LogP contribution in [0.4, 0.5) is 5.69 Å². The molecule has 1 atom stereocenters. The number of aliphatic hydroxyl groups is 1. The van der Waals surface area contributed by atoms with Crippen LogP contribution in [0.5, 0.6) is 0 Å². The van der Waals surface area contributed by atoms with E-state index in [0.29, 0.717) is 18.7 Å². The van der Waals surface area contributed by atoms with Crippen LogP contribution in [0.1, 0.15) is 32.3 Å². The van der Waals surface area contributed by atoms with Gasteiger partial charge in [0.05, 0.1) is 12.7 Å². The van der Waals surface area contributed by atoms with Crippen LogP contribution in [-0.2, 0) is 14.3 Å². The van der Waals surface area contributed by atoms with Crippen LogP contribution in [0.15, 0.2) is 30.3 Å². The molecule has 2 N–H and O–H groups in total. The van der Waals surface area contributed by atoms with Gasteiger partial charge < -0.3 is 15.2 Å². The summed E-state index contributed by atoms with van der Waals surface area (Å²) < 4.78 is 4.78. The Morgan fingerprint density at radius 3 is 2.57 bits per heavy atom. The molecule has 114 valence electrons. The number of carbonyl (C=O) groups is 2. The van der Waals surface area contributed by atoms with Crippen LogP contribution in [0.3, 0.4) is 0 Å². The standard InChI is InChI=1S/C16H21NO4/c1-3-21-16(20)11-7-13-5-8-14(9-6-13)17-15(19)10-4-12(2)18/h5-9,11-12,18H,3-4,10H2,1-2H3,(H,17,19). The summed E-state index contributed by atoms with van der Waals surface area (Å²) in [7, 11) is 0. The molecule has 0 aliphatic rings. The van der Waals surface area contributed by atoms with E-state index in [9.17, 15) is 9.59 Å². The number of benzene rings is 1. The summed E-state index contributed by atoms with van der Waals surface area (Å²) in [6.45, 7) is 3.75. The second-order valence-electron chi connectivity index (χ2n) is 4.64. The highest BCUT2D eigenvalue weighted by atomic mass is 16.5. The number of rotatable bonds is 7. The highest BCUT2D eigenvalue weighted by Gasteiger charge is 2.04. The van der Waals surface area contributed by atoms with Gasteiger partial charge in [-0.3, -0.25) is 4.79 Å². The van der Waals surface area contributed by atoms with Crippen LogP contribution in [0, 0.1) is 0 Å². The van der Waals surface area contributed by atoms with E-state index in [1.165, 1.54) is 6.08 Å². The van der Waals surface area contributed by atoms with Gasteiger partial charge in [0.25, 0.3) is 0 Å². The lowest BCUT2D eigenvalue weighted by Crippen LogP contribution is -2.13. The number of anilines is 1. The van der Waals surface area contributed by atoms with Crippen LogP contribution in [-0.4, -0.2) is 29.7 Å². The van der Waals surface area contributed by atoms with Gasteiger partial charge in [0.2, 0.25) is 5.91 Å². The monoisotopic (exact) mass is 291 g/mol. The maximum absolute atomic E-state index is 11.6. The predicted molar refractivity (Wildman–Crippen MR) is 81.7 cm³/mol. The molecule has 5 nitrogen and oxygen atoms in total. The van der Waals surface area contributed by atoms with Gasteiger partial charge in [-0.1, -0.05) is 12.1 Å². The maximum atomic E-state index is 11.6. The zero-order chi connectivity index (χ0) is 15.7. The third-order valence-corrected chi connectivity index (χ3v) is 2.68. The van der Waals surface area contributed by atoms with Gasteiger partial charge in [0.15, 0.2) is 0 Å². The van der Waals surface area contributed by atoms with E-state index < -0.39 is 6.10 Å². The fourth-order valence-electron chi connectivity index (χ4n) is 1.60. The molecule has 0 aliphatic heterocycles. The summed E-state index contributed by atoms with van der Waals surface area (Å²) in [5, 5.41) is 11.9. The summed E-state index contributed by atoms with van der Waals surface area (Å²) in [5.74, 6) is -0.515. The Labute approximate surface area is 124 Å². The van der Waals surface area contributed by atoms with Gasteiger partial charge in [0, 0.05) is 18.2 Å². The summed E-state index contributed by atoms with van der Waals surface area (Å²) >= 11 is 0. The van der Waals surface area contributed by atoms with Crippen molar-refractivity contribution in [3.63, 3.8) is 0 Å². The van der Waals surface area contributed by atoms with E-state index in [-0.39, 0.29) is 18.3 Å². The van der Waals surface area contributed by atoms with Crippen molar-refractivity contribution in [3.8, 4) is 0 Å². The molecular formula is C16H21NO4. The minimum Gasteiger partial charge on any atom is -0.463 e. The molecule has 0 bridgehead atoms. The quantitative estimate of drug-likeness (QED) is 0.597. The molecule has 0 aliphatic carbocycles. The van der Waals surface area contributed by atoms with Gasteiger partial charge in [-0.05, 0) is 44.0 Å². The first-order valence-corrected chi connectivity index (χ1v) is 6.94. The van der Waals surface area contributed by atoms with Gasteiger partial charge in [0.1, 0.15) is 0 Å². The summed E-state index contributed by atoms with van der Waals surface area (Å²) in [4.78, 5) is 22.8. The molecule has 0 fully saturated rings. The Kier molecular flexibility index (Phi) is 7.18. The topological polar surface area (TPSA) is 75.6 Å². The average Bonchev–Trinajstić information content (AvgIpc) is 2.45. The zero-order valence-electron chi connectivity index (χ0n) is 12.3. The van der Waals surface area contributed by atoms with Crippen LogP contribution < -0.4 is 5.32 Å². The first-order chi connectivity index (χ1) is 10.0. The molecule has 1 rings (SSSR count). The van der Waals surface area contributed by atoms with Crippen molar-refractivity contribution < 1.29 is 19.4 Å². The lowest BCUT2D eigenvalue weighted by Gasteiger charge is -2.06. The van der Waals surface area contributed by atoms with Crippen molar-refractivity contribution in [1.29, 1.82) is 0 Å². The molecule has 1 amide bonds. The molecule has 0 spiro atoms.